The molecule has 2 aromatic carbocycles. The van der Waals surface area contributed by atoms with Crippen molar-refractivity contribution < 1.29 is 21.6 Å². The number of nitrogens with zero attached hydrogens (tertiary/aromatic N) is 3. The molecule has 0 aliphatic carbocycles. The molecular weight excluding hydrogens is 450 g/mol. The van der Waals surface area contributed by atoms with Gasteiger partial charge in [0.1, 0.15) is 6.54 Å². The number of rotatable bonds is 7. The number of sulfonamides is 2. The van der Waals surface area contributed by atoms with E-state index in [1.165, 1.54) is 9.21 Å². The molecule has 0 bridgehead atoms. The van der Waals surface area contributed by atoms with Crippen LogP contribution in [0.4, 0.5) is 5.69 Å². The zero-order valence-electron chi connectivity index (χ0n) is 18.5. The number of amides is 1. The van der Waals surface area contributed by atoms with Crippen LogP contribution in [0.1, 0.15) is 25.3 Å². The summed E-state index contributed by atoms with van der Waals surface area (Å²) in [5.74, 6) is -0.275. The summed E-state index contributed by atoms with van der Waals surface area (Å²) in [7, 11) is -7.32. The summed E-state index contributed by atoms with van der Waals surface area (Å²) in [6.45, 7) is 4.33. The van der Waals surface area contributed by atoms with E-state index in [1.807, 2.05) is 26.0 Å². The lowest BCUT2D eigenvalue weighted by atomic mass is 10.0. The van der Waals surface area contributed by atoms with Crippen LogP contribution in [-0.4, -0.2) is 70.9 Å². The summed E-state index contributed by atoms with van der Waals surface area (Å²) in [6, 6.07) is 15.3. The molecule has 8 nitrogen and oxygen atoms in total. The molecule has 0 N–H and O–H groups in total. The Morgan fingerprint density at radius 3 is 2.03 bits per heavy atom. The zero-order chi connectivity index (χ0) is 23.5. The van der Waals surface area contributed by atoms with Crippen molar-refractivity contribution in [3.05, 3.63) is 60.2 Å². The largest absolute Gasteiger partial charge is 0.338 e. The van der Waals surface area contributed by atoms with E-state index in [-0.39, 0.29) is 49.4 Å². The van der Waals surface area contributed by atoms with Gasteiger partial charge >= 0.3 is 0 Å². The highest BCUT2D eigenvalue weighted by Crippen LogP contribution is 2.29. The van der Waals surface area contributed by atoms with Gasteiger partial charge < -0.3 is 4.90 Å². The minimum atomic E-state index is -3.70. The molecule has 1 aliphatic heterocycles. The summed E-state index contributed by atoms with van der Waals surface area (Å²) >= 11 is 0. The van der Waals surface area contributed by atoms with Gasteiger partial charge in [-0.15, -0.1) is 0 Å². The van der Waals surface area contributed by atoms with Crippen molar-refractivity contribution in [3.63, 3.8) is 0 Å². The number of hydrogen-bond donors (Lipinski definition) is 0. The van der Waals surface area contributed by atoms with E-state index in [9.17, 15) is 21.6 Å². The van der Waals surface area contributed by atoms with Gasteiger partial charge in [0.25, 0.3) is 0 Å². The molecule has 0 unspecified atom stereocenters. The van der Waals surface area contributed by atoms with Crippen LogP contribution in [0.3, 0.4) is 0 Å². The Morgan fingerprint density at radius 1 is 0.906 bits per heavy atom. The zero-order valence-corrected chi connectivity index (χ0v) is 20.1. The molecule has 0 radical (unpaired) electrons. The lowest BCUT2D eigenvalue weighted by Crippen LogP contribution is -2.53. The number of piperazine rings is 1. The van der Waals surface area contributed by atoms with Crippen LogP contribution in [0.5, 0.6) is 0 Å². The van der Waals surface area contributed by atoms with Crippen molar-refractivity contribution in [3.8, 4) is 0 Å². The number of anilines is 1. The highest BCUT2D eigenvalue weighted by molar-refractivity contribution is 7.92. The Balaban J connectivity index is 1.73. The lowest BCUT2D eigenvalue weighted by Gasteiger charge is -2.35. The van der Waals surface area contributed by atoms with Crippen LogP contribution < -0.4 is 4.31 Å². The monoisotopic (exact) mass is 479 g/mol. The Morgan fingerprint density at radius 2 is 1.47 bits per heavy atom. The van der Waals surface area contributed by atoms with Crippen molar-refractivity contribution in [2.24, 2.45) is 0 Å². The van der Waals surface area contributed by atoms with Gasteiger partial charge in [0.15, 0.2) is 0 Å². The number of hydrogen-bond acceptors (Lipinski definition) is 5. The third kappa shape index (κ3) is 5.31. The van der Waals surface area contributed by atoms with Gasteiger partial charge in [-0.25, -0.2) is 16.8 Å². The highest BCUT2D eigenvalue weighted by Gasteiger charge is 2.32. The van der Waals surface area contributed by atoms with E-state index >= 15 is 0 Å². The van der Waals surface area contributed by atoms with Crippen molar-refractivity contribution in [1.29, 1.82) is 0 Å². The topological polar surface area (TPSA) is 95.1 Å². The smallest absolute Gasteiger partial charge is 0.243 e. The quantitative estimate of drug-likeness (QED) is 0.606. The van der Waals surface area contributed by atoms with Crippen molar-refractivity contribution >= 4 is 31.6 Å². The van der Waals surface area contributed by atoms with Crippen LogP contribution in [0.15, 0.2) is 59.5 Å². The second kappa shape index (κ2) is 9.60. The van der Waals surface area contributed by atoms with Gasteiger partial charge in [-0.3, -0.25) is 9.10 Å². The molecule has 0 spiro atoms. The van der Waals surface area contributed by atoms with E-state index in [1.54, 1.807) is 42.5 Å². The molecule has 32 heavy (non-hydrogen) atoms. The van der Waals surface area contributed by atoms with Crippen LogP contribution in [0.2, 0.25) is 0 Å². The summed E-state index contributed by atoms with van der Waals surface area (Å²) in [5, 5.41) is 0. The second-order valence-corrected chi connectivity index (χ2v) is 11.9. The predicted molar refractivity (Wildman–Crippen MR) is 125 cm³/mol. The first-order chi connectivity index (χ1) is 15.0. The van der Waals surface area contributed by atoms with Crippen molar-refractivity contribution in [1.82, 2.24) is 9.21 Å². The number of para-hydroxylation sites is 1. The molecular formula is C22H29N3O5S2. The Labute approximate surface area is 190 Å². The lowest BCUT2D eigenvalue weighted by molar-refractivity contribution is -0.130. The van der Waals surface area contributed by atoms with Crippen LogP contribution in [-0.2, 0) is 24.8 Å². The van der Waals surface area contributed by atoms with E-state index in [0.717, 1.165) is 16.1 Å². The molecule has 1 saturated heterocycles. The first kappa shape index (κ1) is 24.2. The molecule has 1 amide bonds. The SMILES string of the molecule is CC(C)c1ccccc1N(CC(=O)N1CCN(S(=O)(=O)c2ccccc2)CC1)S(C)(=O)=O. The Kier molecular flexibility index (Phi) is 7.26. The molecule has 1 aliphatic rings. The van der Waals surface area contributed by atoms with Crippen molar-refractivity contribution in [2.45, 2.75) is 24.7 Å². The van der Waals surface area contributed by atoms with E-state index in [0.29, 0.717) is 5.69 Å². The maximum Gasteiger partial charge on any atom is 0.243 e. The summed E-state index contributed by atoms with van der Waals surface area (Å²) in [6.07, 6.45) is 1.09. The van der Waals surface area contributed by atoms with Gasteiger partial charge in [-0.1, -0.05) is 50.2 Å². The van der Waals surface area contributed by atoms with Crippen LogP contribution in [0.25, 0.3) is 0 Å². The maximum absolute atomic E-state index is 13.0. The van der Waals surface area contributed by atoms with Gasteiger partial charge in [-0.05, 0) is 29.7 Å². The third-order valence-electron chi connectivity index (χ3n) is 5.48. The summed E-state index contributed by atoms with van der Waals surface area (Å²) in [5.41, 5.74) is 1.33. The van der Waals surface area contributed by atoms with Gasteiger partial charge in [0.05, 0.1) is 16.8 Å². The average Bonchev–Trinajstić information content (AvgIpc) is 2.77. The summed E-state index contributed by atoms with van der Waals surface area (Å²) in [4.78, 5) is 14.7. The summed E-state index contributed by atoms with van der Waals surface area (Å²) < 4.78 is 53.1. The number of carbonyl (C=O) groups is 1. The van der Waals surface area contributed by atoms with E-state index in [2.05, 4.69) is 0 Å². The normalized spacial score (nSPS) is 15.7. The Bertz CT molecular complexity index is 1160. The molecule has 0 atom stereocenters. The van der Waals surface area contributed by atoms with Crippen LogP contribution in [0, 0.1) is 0 Å². The standard InChI is InChI=1S/C22H29N3O5S2/c1-18(2)20-11-7-8-12-21(20)25(31(3,27)28)17-22(26)23-13-15-24(16-14-23)32(29,30)19-9-5-4-6-10-19/h4-12,18H,13-17H2,1-3H3. The molecule has 2 aromatic rings. The minimum absolute atomic E-state index is 0.0808. The fourth-order valence-corrected chi connectivity index (χ4v) is 6.04. The van der Waals surface area contributed by atoms with Crippen LogP contribution >= 0.6 is 0 Å². The number of carbonyl (C=O) groups excluding carboxylic acids is 1. The minimum Gasteiger partial charge on any atom is -0.338 e. The van der Waals surface area contributed by atoms with E-state index in [4.69, 9.17) is 0 Å². The predicted octanol–water partition coefficient (Wildman–Crippen LogP) is 2.11. The Hall–Kier alpha value is -2.43. The molecule has 1 heterocycles. The number of benzene rings is 2. The molecule has 0 saturated carbocycles. The molecule has 10 heteroatoms. The van der Waals surface area contributed by atoms with Gasteiger partial charge in [0.2, 0.25) is 26.0 Å². The molecule has 0 aromatic heterocycles. The first-order valence-corrected chi connectivity index (χ1v) is 13.7. The highest BCUT2D eigenvalue weighted by atomic mass is 32.2. The third-order valence-corrected chi connectivity index (χ3v) is 8.52. The molecule has 174 valence electrons. The van der Waals surface area contributed by atoms with Gasteiger partial charge in [-0.2, -0.15) is 4.31 Å². The maximum atomic E-state index is 13.0. The average molecular weight is 480 g/mol. The van der Waals surface area contributed by atoms with Gasteiger partial charge in [0, 0.05) is 26.2 Å². The van der Waals surface area contributed by atoms with Crippen molar-refractivity contribution in [2.75, 3.05) is 43.3 Å². The fraction of sp³-hybridized carbons (Fsp3) is 0.409. The first-order valence-electron chi connectivity index (χ1n) is 10.4. The second-order valence-electron chi connectivity index (χ2n) is 8.08. The fourth-order valence-electron chi connectivity index (χ4n) is 3.73. The van der Waals surface area contributed by atoms with E-state index < -0.39 is 20.0 Å². The molecule has 3 rings (SSSR count). The molecule has 1 fully saturated rings.